The van der Waals surface area contributed by atoms with E-state index in [4.69, 9.17) is 4.74 Å². The largest absolute Gasteiger partial charge is 0.494 e. The van der Waals surface area contributed by atoms with Crippen LogP contribution in [-0.4, -0.2) is 21.4 Å². The number of nitrogens with zero attached hydrogens (tertiary/aromatic N) is 3. The Kier molecular flexibility index (Phi) is 6.27. The van der Waals surface area contributed by atoms with E-state index in [0.717, 1.165) is 34.6 Å². The molecule has 4 nitrogen and oxygen atoms in total. The monoisotopic (exact) mass is 401 g/mol. The van der Waals surface area contributed by atoms with Gasteiger partial charge >= 0.3 is 0 Å². The Labute approximate surface area is 175 Å². The molecular weight excluding hydrogens is 378 g/mol. The zero-order valence-electron chi connectivity index (χ0n) is 16.4. The van der Waals surface area contributed by atoms with Crippen LogP contribution in [0.25, 0.3) is 5.69 Å². The molecule has 0 fully saturated rings. The van der Waals surface area contributed by atoms with Gasteiger partial charge in [-0.3, -0.25) is 4.57 Å². The number of benzene rings is 3. The Bertz CT molecular complexity index is 1030. The molecule has 29 heavy (non-hydrogen) atoms. The number of thioether (sulfide) groups is 1. The lowest BCUT2D eigenvalue weighted by molar-refractivity contribution is 0.340. The van der Waals surface area contributed by atoms with Gasteiger partial charge in [0.15, 0.2) is 5.16 Å². The summed E-state index contributed by atoms with van der Waals surface area (Å²) in [5.74, 6) is 2.64. The van der Waals surface area contributed by atoms with Crippen molar-refractivity contribution in [1.82, 2.24) is 14.8 Å². The lowest BCUT2D eigenvalue weighted by Crippen LogP contribution is -2.04. The van der Waals surface area contributed by atoms with Gasteiger partial charge in [-0.1, -0.05) is 72.4 Å². The molecule has 0 atom stereocenters. The Hall–Kier alpha value is -3.05. The van der Waals surface area contributed by atoms with E-state index in [2.05, 4.69) is 75.4 Å². The third-order valence-electron chi connectivity index (χ3n) is 4.52. The molecule has 0 saturated heterocycles. The van der Waals surface area contributed by atoms with Crippen molar-refractivity contribution in [2.75, 3.05) is 6.61 Å². The molecule has 0 amide bonds. The van der Waals surface area contributed by atoms with Gasteiger partial charge in [-0.05, 0) is 42.3 Å². The van der Waals surface area contributed by atoms with Gasteiger partial charge in [-0.15, -0.1) is 10.2 Å². The van der Waals surface area contributed by atoms with E-state index in [9.17, 15) is 0 Å². The highest BCUT2D eigenvalue weighted by Gasteiger charge is 2.15. The first kappa shape index (κ1) is 19.3. The molecule has 0 bridgehead atoms. The number of hydrogen-bond donors (Lipinski definition) is 0. The second kappa shape index (κ2) is 9.43. The fourth-order valence-electron chi connectivity index (χ4n) is 3.13. The maximum Gasteiger partial charge on any atom is 0.196 e. The molecule has 0 N–H and O–H groups in total. The summed E-state index contributed by atoms with van der Waals surface area (Å²) in [6, 6.07) is 28.9. The molecular formula is C24H23N3OS. The molecule has 3 aromatic carbocycles. The van der Waals surface area contributed by atoms with Gasteiger partial charge in [0.25, 0.3) is 0 Å². The molecule has 0 radical (unpaired) electrons. The average molecular weight is 402 g/mol. The minimum absolute atomic E-state index is 0.656. The first-order valence-electron chi connectivity index (χ1n) is 9.71. The summed E-state index contributed by atoms with van der Waals surface area (Å²) < 4.78 is 7.74. The second-order valence-corrected chi connectivity index (χ2v) is 7.54. The molecule has 4 aromatic rings. The van der Waals surface area contributed by atoms with E-state index < -0.39 is 0 Å². The van der Waals surface area contributed by atoms with E-state index in [1.165, 1.54) is 11.1 Å². The number of rotatable bonds is 8. The van der Waals surface area contributed by atoms with Crippen LogP contribution in [0, 0.1) is 0 Å². The van der Waals surface area contributed by atoms with Crippen LogP contribution < -0.4 is 4.74 Å². The van der Waals surface area contributed by atoms with Gasteiger partial charge < -0.3 is 4.74 Å². The standard InChI is InChI=1S/C24H23N3OS/c1-2-28-22-15-13-21(14-16-22)27-23(17-19-9-5-3-6-10-19)25-26-24(27)29-18-20-11-7-4-8-12-20/h3-16H,2,17-18H2,1H3. The van der Waals surface area contributed by atoms with E-state index in [1.54, 1.807) is 11.8 Å². The summed E-state index contributed by atoms with van der Waals surface area (Å²) in [4.78, 5) is 0. The van der Waals surface area contributed by atoms with Crippen LogP contribution in [-0.2, 0) is 12.2 Å². The predicted octanol–water partition coefficient (Wildman–Crippen LogP) is 5.55. The third kappa shape index (κ3) is 4.87. The van der Waals surface area contributed by atoms with Crippen LogP contribution in [0.4, 0.5) is 0 Å². The molecule has 0 aliphatic carbocycles. The molecule has 0 saturated carbocycles. The van der Waals surface area contributed by atoms with Crippen molar-refractivity contribution >= 4 is 11.8 Å². The molecule has 4 rings (SSSR count). The van der Waals surface area contributed by atoms with Crippen molar-refractivity contribution in [3.05, 3.63) is 102 Å². The van der Waals surface area contributed by atoms with Crippen molar-refractivity contribution in [3.8, 4) is 11.4 Å². The number of aromatic nitrogens is 3. The van der Waals surface area contributed by atoms with E-state index in [1.807, 2.05) is 31.2 Å². The zero-order valence-corrected chi connectivity index (χ0v) is 17.2. The van der Waals surface area contributed by atoms with Crippen LogP contribution in [0.15, 0.2) is 90.1 Å². The maximum atomic E-state index is 5.59. The Morgan fingerprint density at radius 2 is 1.45 bits per heavy atom. The minimum atomic E-state index is 0.656. The highest BCUT2D eigenvalue weighted by molar-refractivity contribution is 7.98. The zero-order chi connectivity index (χ0) is 19.9. The molecule has 0 unspecified atom stereocenters. The van der Waals surface area contributed by atoms with Crippen LogP contribution in [0.1, 0.15) is 23.9 Å². The smallest absolute Gasteiger partial charge is 0.196 e. The van der Waals surface area contributed by atoms with Gasteiger partial charge in [0.1, 0.15) is 11.6 Å². The maximum absolute atomic E-state index is 5.59. The van der Waals surface area contributed by atoms with Crippen LogP contribution in [0.3, 0.4) is 0 Å². The van der Waals surface area contributed by atoms with E-state index >= 15 is 0 Å². The lowest BCUT2D eigenvalue weighted by atomic mass is 10.1. The fraction of sp³-hybridized carbons (Fsp3) is 0.167. The normalized spacial score (nSPS) is 10.8. The molecule has 0 aliphatic heterocycles. The summed E-state index contributed by atoms with van der Waals surface area (Å²) in [6.07, 6.45) is 0.729. The van der Waals surface area contributed by atoms with Crippen LogP contribution in [0.2, 0.25) is 0 Å². The van der Waals surface area contributed by atoms with Gasteiger partial charge in [0.05, 0.1) is 6.61 Å². The molecule has 146 valence electrons. The highest BCUT2D eigenvalue weighted by atomic mass is 32.2. The summed E-state index contributed by atoms with van der Waals surface area (Å²) in [5, 5.41) is 9.92. The Balaban J connectivity index is 1.65. The van der Waals surface area contributed by atoms with Gasteiger partial charge in [0.2, 0.25) is 0 Å². The summed E-state index contributed by atoms with van der Waals surface area (Å²) in [7, 11) is 0. The van der Waals surface area contributed by atoms with E-state index in [-0.39, 0.29) is 0 Å². The molecule has 1 heterocycles. The van der Waals surface area contributed by atoms with Crippen molar-refractivity contribution in [1.29, 1.82) is 0 Å². The summed E-state index contributed by atoms with van der Waals surface area (Å²) >= 11 is 1.70. The SMILES string of the molecule is CCOc1ccc(-n2c(Cc3ccccc3)nnc2SCc2ccccc2)cc1. The second-order valence-electron chi connectivity index (χ2n) is 6.60. The summed E-state index contributed by atoms with van der Waals surface area (Å²) in [5.41, 5.74) is 3.52. The van der Waals surface area contributed by atoms with Gasteiger partial charge in [-0.2, -0.15) is 0 Å². The van der Waals surface area contributed by atoms with Gasteiger partial charge in [0, 0.05) is 17.9 Å². The first-order chi connectivity index (χ1) is 14.3. The Morgan fingerprint density at radius 1 is 0.793 bits per heavy atom. The summed E-state index contributed by atoms with van der Waals surface area (Å²) in [6.45, 7) is 2.65. The van der Waals surface area contributed by atoms with Gasteiger partial charge in [-0.25, -0.2) is 0 Å². The van der Waals surface area contributed by atoms with Crippen molar-refractivity contribution in [3.63, 3.8) is 0 Å². The number of hydrogen-bond acceptors (Lipinski definition) is 4. The topological polar surface area (TPSA) is 39.9 Å². The van der Waals surface area contributed by atoms with Crippen LogP contribution >= 0.6 is 11.8 Å². The fourth-order valence-corrected chi connectivity index (χ4v) is 4.05. The van der Waals surface area contributed by atoms with Crippen molar-refractivity contribution in [2.45, 2.75) is 24.3 Å². The molecule has 1 aromatic heterocycles. The minimum Gasteiger partial charge on any atom is -0.494 e. The lowest BCUT2D eigenvalue weighted by Gasteiger charge is -2.11. The molecule has 5 heteroatoms. The Morgan fingerprint density at radius 3 is 2.10 bits per heavy atom. The molecule has 0 spiro atoms. The van der Waals surface area contributed by atoms with Crippen LogP contribution in [0.5, 0.6) is 5.75 Å². The number of ether oxygens (including phenoxy) is 1. The van der Waals surface area contributed by atoms with Crippen molar-refractivity contribution in [2.24, 2.45) is 0 Å². The predicted molar refractivity (Wildman–Crippen MR) is 118 cm³/mol. The highest BCUT2D eigenvalue weighted by Crippen LogP contribution is 2.27. The molecule has 0 aliphatic rings. The van der Waals surface area contributed by atoms with E-state index in [0.29, 0.717) is 6.61 Å². The third-order valence-corrected chi connectivity index (χ3v) is 5.52. The average Bonchev–Trinajstić information content (AvgIpc) is 3.17. The first-order valence-corrected chi connectivity index (χ1v) is 10.7. The van der Waals surface area contributed by atoms with Crippen molar-refractivity contribution < 1.29 is 4.74 Å². The quantitative estimate of drug-likeness (QED) is 0.363.